The number of rotatable bonds is 10. The van der Waals surface area contributed by atoms with Gasteiger partial charge in [-0.1, -0.05) is 168 Å². The number of carboxylic acids is 1. The number of carbonyl (C=O) groups is 1. The number of halogens is 4. The summed E-state index contributed by atoms with van der Waals surface area (Å²) in [5.74, 6) is 2.68. The van der Waals surface area contributed by atoms with Crippen molar-refractivity contribution in [3.8, 4) is 23.3 Å². The van der Waals surface area contributed by atoms with Crippen molar-refractivity contribution in [2.24, 2.45) is 0 Å². The number of para-hydroxylation sites is 6. The van der Waals surface area contributed by atoms with Gasteiger partial charge in [0.1, 0.15) is 23.3 Å². The molecule has 18 aromatic rings. The first kappa shape index (κ1) is 73.2. The monoisotopic (exact) mass is 1820 g/mol. The zero-order chi connectivity index (χ0) is 69.6. The molecular weight excluding hydrogens is 1770 g/mol. The molecule has 0 spiro atoms. The minimum Gasteiger partial charge on any atom is -0.358 e. The Morgan fingerprint density at radius 2 is 0.608 bits per heavy atom. The Morgan fingerprint density at radius 1 is 0.343 bits per heavy atom. The minimum absolute atomic E-state index is 0. The Bertz CT molecular complexity index is 5280. The summed E-state index contributed by atoms with van der Waals surface area (Å²) in [4.78, 5) is 32.5. The van der Waals surface area contributed by atoms with Gasteiger partial charge in [-0.05, 0) is 132 Å². The first-order valence-corrected chi connectivity index (χ1v) is 59.7. The van der Waals surface area contributed by atoms with Gasteiger partial charge in [0.25, 0.3) is 5.97 Å². The second-order valence-electron chi connectivity index (χ2n) is 22.9. The van der Waals surface area contributed by atoms with Crippen molar-refractivity contribution in [1.82, 2.24) is 38.2 Å². The number of pyridine rings is 4. The standard InChI is InChI=1S/C40H27N5.C40H25N5.C2H4O2.4ClH.2K.2Pt/c2*1-2-12-28(13-3-1)43(29-20-22-33-31-14-4-6-16-35(31)44(37(33)26-29)39-18-8-10-24-41-39)30-21-23-34-32-15-5-7-17-36(32)45(38(34)27-30)40-19-9-11-25-42-40;1-2(3)4;;;;;;;;/h1-27H;1-25H;1H3,(H,3,4);4*1H;;;;/q;-2;;;;;;;;+2;+4/p-4. The van der Waals surface area contributed by atoms with Crippen molar-refractivity contribution < 1.29 is 42.9 Å². The zero-order valence-electron chi connectivity index (χ0n) is 55.0. The average Bonchev–Trinajstić information content (AvgIpc) is 1.58. The van der Waals surface area contributed by atoms with Crippen LogP contribution in [0.25, 0.3) is 110 Å². The molecule has 0 aliphatic carbocycles. The Morgan fingerprint density at radius 3 is 0.941 bits per heavy atom. The molecule has 0 amide bonds. The normalized spacial score (nSPS) is 11.3. The number of carboxylic acid groups (broad SMARTS) is 1. The molecule has 0 aliphatic rings. The van der Waals surface area contributed by atoms with Crippen molar-refractivity contribution >= 4 is 228 Å². The maximum Gasteiger partial charge on any atom is 2.00 e. The molecule has 20 heteroatoms. The molecular formula is C82H56Cl4K2N10O2Pt2. The second kappa shape index (κ2) is 33.3. The summed E-state index contributed by atoms with van der Waals surface area (Å²) in [5, 5.41) is 16.8. The van der Waals surface area contributed by atoms with Gasteiger partial charge in [-0.3, -0.25) is 13.9 Å². The predicted molar refractivity (Wildman–Crippen MR) is 417 cm³/mol. The van der Waals surface area contributed by atoms with Crippen molar-refractivity contribution in [2.75, 3.05) is 9.80 Å². The maximum absolute atomic E-state index is 9.00. The van der Waals surface area contributed by atoms with Crippen molar-refractivity contribution in [2.45, 2.75) is 6.92 Å². The van der Waals surface area contributed by atoms with E-state index in [4.69, 9.17) is 67.5 Å². The number of hydrogen-bond acceptors (Lipinski definition) is 7. The van der Waals surface area contributed by atoms with Crippen LogP contribution in [0.2, 0.25) is 0 Å². The van der Waals surface area contributed by atoms with E-state index < -0.39 is 17.9 Å². The zero-order valence-corrected chi connectivity index (χ0v) is 68.8. The first-order chi connectivity index (χ1) is 49.4. The van der Waals surface area contributed by atoms with Gasteiger partial charge in [-0.15, -0.1) is 35.0 Å². The third-order valence-electron chi connectivity index (χ3n) is 17.0. The summed E-state index contributed by atoms with van der Waals surface area (Å²) < 4.78 is 8.92. The minimum atomic E-state index is -3.06. The largest absolute Gasteiger partial charge is 2.00 e. The van der Waals surface area contributed by atoms with Gasteiger partial charge >= 0.3 is 134 Å². The van der Waals surface area contributed by atoms with Crippen LogP contribution in [0.3, 0.4) is 0 Å². The predicted octanol–water partition coefficient (Wildman–Crippen LogP) is 22.0. The van der Waals surface area contributed by atoms with Crippen LogP contribution in [-0.4, -0.2) is 112 Å². The van der Waals surface area contributed by atoms with Gasteiger partial charge < -0.3 is 24.0 Å². The number of benzene rings is 10. The Kier molecular flexibility index (Phi) is 23.9. The fourth-order valence-corrected chi connectivity index (χ4v) is 13.1. The summed E-state index contributed by atoms with van der Waals surface area (Å²) in [6.07, 6.45) is 7.37. The van der Waals surface area contributed by atoms with E-state index in [9.17, 15) is 0 Å². The molecule has 496 valence electrons. The second-order valence-corrected chi connectivity index (χ2v) is 42.6. The summed E-state index contributed by atoms with van der Waals surface area (Å²) in [6.45, 7) is 1.08. The molecule has 0 fully saturated rings. The summed E-state index contributed by atoms with van der Waals surface area (Å²) >= 11 is -0.556. The van der Waals surface area contributed by atoms with E-state index in [1.807, 2.05) is 91.5 Å². The van der Waals surface area contributed by atoms with Crippen LogP contribution in [0.15, 0.2) is 316 Å². The van der Waals surface area contributed by atoms with E-state index >= 15 is 0 Å². The fourth-order valence-electron chi connectivity index (χ4n) is 13.1. The molecule has 8 heterocycles. The summed E-state index contributed by atoms with van der Waals surface area (Å²) in [7, 11) is 20.0. The van der Waals surface area contributed by atoms with Crippen LogP contribution < -0.4 is 9.80 Å². The quantitative estimate of drug-likeness (QED) is 0.106. The molecule has 0 unspecified atom stereocenters. The van der Waals surface area contributed by atoms with E-state index in [1.165, 1.54) is 95.5 Å². The number of hydrogen-bond donors (Lipinski definition) is 1. The SMILES string of the molecule is CC(=O)O.[Cl][Pt]([Cl])([Cl])[Cl].[K][K].[Pt+2].[c-]1c(N(c2[c-]c3c(cc2)c2ccccc2n3-c2ccccn2)c2ccccc2)ccc2c3ccccc3n(-c3ccccn3)c12.c1ccc(N(c2ccc3c4ccccc4n(-c4ccccn4)c3c2)c2ccc3c4ccccc4n(-c4ccccn4)c3c2)cc1. The van der Waals surface area contributed by atoms with Gasteiger partial charge in [0.2, 0.25) is 0 Å². The Labute approximate surface area is 667 Å². The molecule has 18 rings (SSSR count). The molecule has 0 saturated carbocycles. The first-order valence-electron chi connectivity index (χ1n) is 32.4. The van der Waals surface area contributed by atoms with E-state index in [0.717, 1.165) is 119 Å². The molecule has 0 radical (unpaired) electrons. The molecule has 0 atom stereocenters. The van der Waals surface area contributed by atoms with Crippen molar-refractivity contribution in [3.63, 3.8) is 0 Å². The maximum atomic E-state index is 9.00. The van der Waals surface area contributed by atoms with Gasteiger partial charge in [-0.2, -0.15) is 12.1 Å². The van der Waals surface area contributed by atoms with Crippen LogP contribution >= 0.6 is 37.7 Å². The van der Waals surface area contributed by atoms with E-state index in [0.29, 0.717) is 0 Å². The number of aromatic nitrogens is 8. The molecule has 1 N–H and O–H groups in total. The molecule has 10 aromatic carbocycles. The summed E-state index contributed by atoms with van der Waals surface area (Å²) in [5.41, 5.74) is 14.7. The van der Waals surface area contributed by atoms with Crippen LogP contribution in [-0.2, 0) is 37.8 Å². The van der Waals surface area contributed by atoms with E-state index in [-0.39, 0.29) is 21.1 Å². The van der Waals surface area contributed by atoms with Gasteiger partial charge in [0, 0.05) is 87.0 Å². The molecule has 0 bridgehead atoms. The van der Waals surface area contributed by atoms with E-state index in [1.54, 1.807) is 0 Å². The van der Waals surface area contributed by atoms with Crippen LogP contribution in [0.4, 0.5) is 34.1 Å². The number of aliphatic carboxylic acids is 1. The smallest absolute Gasteiger partial charge is 0.358 e. The molecule has 102 heavy (non-hydrogen) atoms. The molecule has 12 nitrogen and oxygen atoms in total. The Hall–Kier alpha value is -7.12. The van der Waals surface area contributed by atoms with Crippen LogP contribution in [0, 0.1) is 12.1 Å². The molecule has 8 aromatic heterocycles. The number of nitrogens with zero attached hydrogens (tertiary/aromatic N) is 10. The van der Waals surface area contributed by atoms with Crippen LogP contribution in [0.1, 0.15) is 6.92 Å². The van der Waals surface area contributed by atoms with Gasteiger partial charge in [0.15, 0.2) is 0 Å². The number of anilines is 6. The average molecular weight is 1820 g/mol. The van der Waals surface area contributed by atoms with Crippen molar-refractivity contribution in [3.05, 3.63) is 328 Å². The molecule has 0 aliphatic heterocycles. The van der Waals surface area contributed by atoms with Gasteiger partial charge in [-0.25, -0.2) is 19.9 Å². The van der Waals surface area contributed by atoms with Crippen LogP contribution in [0.5, 0.6) is 0 Å². The van der Waals surface area contributed by atoms with Gasteiger partial charge in [0.05, 0.1) is 22.1 Å². The number of fused-ring (bicyclic) bond motifs is 12. The third-order valence-corrected chi connectivity index (χ3v) is 17.0. The topological polar surface area (TPSA) is 115 Å². The fraction of sp³-hybridized carbons (Fsp3) is 0.0122. The molecule has 0 saturated heterocycles. The summed E-state index contributed by atoms with van der Waals surface area (Å²) in [6, 6.07) is 109. The van der Waals surface area contributed by atoms with E-state index in [2.05, 4.69) is 265 Å². The third kappa shape index (κ3) is 15.5. The van der Waals surface area contributed by atoms with Crippen molar-refractivity contribution in [1.29, 1.82) is 0 Å². The Balaban J connectivity index is 0.000000158.